The minimum atomic E-state index is -2.92. The van der Waals surface area contributed by atoms with E-state index in [-0.39, 0.29) is 5.88 Å². The van der Waals surface area contributed by atoms with Crippen LogP contribution >= 0.6 is 0 Å². The Morgan fingerprint density at radius 3 is 3.11 bits per heavy atom. The van der Waals surface area contributed by atoms with Crippen molar-refractivity contribution in [1.82, 2.24) is 29.9 Å². The molecule has 3 aromatic rings. The van der Waals surface area contributed by atoms with E-state index in [4.69, 9.17) is 4.74 Å². The van der Waals surface area contributed by atoms with Crippen molar-refractivity contribution in [2.45, 2.75) is 32.4 Å². The number of ether oxygens (including phenoxy) is 2. The van der Waals surface area contributed by atoms with Crippen LogP contribution in [0.1, 0.15) is 19.3 Å². The summed E-state index contributed by atoms with van der Waals surface area (Å²) < 4.78 is 36.0. The Bertz CT molecular complexity index is 892. The Kier molecular flexibility index (Phi) is 5.10. The first kappa shape index (κ1) is 17.6. The van der Waals surface area contributed by atoms with E-state index in [1.807, 2.05) is 4.68 Å². The maximum atomic E-state index is 12.2. The lowest BCUT2D eigenvalue weighted by Crippen LogP contribution is -2.19. The molecule has 4 rings (SSSR count). The van der Waals surface area contributed by atoms with Gasteiger partial charge in [-0.2, -0.15) is 19.0 Å². The van der Waals surface area contributed by atoms with Crippen LogP contribution in [0.4, 0.5) is 20.4 Å². The molecule has 1 saturated heterocycles. The molecule has 0 bridgehead atoms. The number of halogens is 2. The van der Waals surface area contributed by atoms with E-state index in [0.29, 0.717) is 28.7 Å². The highest BCUT2D eigenvalue weighted by Crippen LogP contribution is 2.21. The van der Waals surface area contributed by atoms with Gasteiger partial charge in [-0.3, -0.25) is 0 Å². The summed E-state index contributed by atoms with van der Waals surface area (Å²) in [4.78, 5) is 8.84. The number of H-pyrrole nitrogens is 1. The fourth-order valence-electron chi connectivity index (χ4n) is 3.07. The summed E-state index contributed by atoms with van der Waals surface area (Å²) in [7, 11) is 0. The number of aryl methyl sites for hydroxylation is 1. The summed E-state index contributed by atoms with van der Waals surface area (Å²) in [5.74, 6) is 1.12. The second kappa shape index (κ2) is 7.82. The van der Waals surface area contributed by atoms with Gasteiger partial charge in [0.1, 0.15) is 5.52 Å². The SMILES string of the molecule is FC(F)Oc1cc(Nc2cnc3cnn(CC[C@@H]4CCCOC4)c3n2)n[nH]1. The zero-order chi connectivity index (χ0) is 18.6. The molecule has 1 aliphatic heterocycles. The van der Waals surface area contributed by atoms with Gasteiger partial charge in [0.05, 0.1) is 12.4 Å². The molecule has 9 nitrogen and oxygen atoms in total. The van der Waals surface area contributed by atoms with E-state index in [2.05, 4.69) is 35.3 Å². The third-order valence-corrected chi connectivity index (χ3v) is 4.38. The summed E-state index contributed by atoms with van der Waals surface area (Å²) in [6, 6.07) is 1.32. The molecule has 0 unspecified atom stereocenters. The third kappa shape index (κ3) is 4.30. The van der Waals surface area contributed by atoms with Gasteiger partial charge in [-0.15, -0.1) is 0 Å². The van der Waals surface area contributed by atoms with Gasteiger partial charge in [0.25, 0.3) is 0 Å². The van der Waals surface area contributed by atoms with Crippen molar-refractivity contribution in [2.75, 3.05) is 18.5 Å². The molecule has 144 valence electrons. The topological polar surface area (TPSA) is 103 Å². The lowest BCUT2D eigenvalue weighted by Gasteiger charge is -2.21. The van der Waals surface area contributed by atoms with Crippen LogP contribution in [0.2, 0.25) is 0 Å². The first-order valence-electron chi connectivity index (χ1n) is 8.71. The molecular weight excluding hydrogens is 360 g/mol. The van der Waals surface area contributed by atoms with Gasteiger partial charge in [0.15, 0.2) is 17.3 Å². The maximum absolute atomic E-state index is 12.2. The number of aromatic nitrogens is 6. The molecule has 0 saturated carbocycles. The van der Waals surface area contributed by atoms with E-state index < -0.39 is 6.61 Å². The highest BCUT2D eigenvalue weighted by molar-refractivity contribution is 5.71. The average molecular weight is 379 g/mol. The second-order valence-corrected chi connectivity index (χ2v) is 6.32. The summed E-state index contributed by atoms with van der Waals surface area (Å²) in [6.45, 7) is -0.554. The van der Waals surface area contributed by atoms with Crippen molar-refractivity contribution in [1.29, 1.82) is 0 Å². The van der Waals surface area contributed by atoms with Crippen LogP contribution in [0.25, 0.3) is 11.2 Å². The van der Waals surface area contributed by atoms with Gasteiger partial charge in [-0.1, -0.05) is 0 Å². The van der Waals surface area contributed by atoms with Crippen LogP contribution in [0, 0.1) is 5.92 Å². The van der Waals surface area contributed by atoms with Gasteiger partial charge in [-0.05, 0) is 25.2 Å². The third-order valence-electron chi connectivity index (χ3n) is 4.38. The predicted octanol–water partition coefficient (Wildman–Crippen LogP) is 2.71. The van der Waals surface area contributed by atoms with E-state index >= 15 is 0 Å². The summed E-state index contributed by atoms with van der Waals surface area (Å²) in [6.07, 6.45) is 6.43. The molecule has 1 aliphatic rings. The lowest BCUT2D eigenvalue weighted by molar-refractivity contribution is -0.0528. The van der Waals surface area contributed by atoms with E-state index in [1.165, 1.54) is 18.7 Å². The van der Waals surface area contributed by atoms with Crippen molar-refractivity contribution >= 4 is 22.8 Å². The molecule has 0 aliphatic carbocycles. The number of nitrogens with zero attached hydrogens (tertiary/aromatic N) is 5. The summed E-state index contributed by atoms with van der Waals surface area (Å²) >= 11 is 0. The molecule has 0 amide bonds. The number of aromatic amines is 1. The largest absolute Gasteiger partial charge is 0.417 e. The molecule has 2 N–H and O–H groups in total. The zero-order valence-corrected chi connectivity index (χ0v) is 14.4. The quantitative estimate of drug-likeness (QED) is 0.651. The van der Waals surface area contributed by atoms with E-state index in [9.17, 15) is 8.78 Å². The van der Waals surface area contributed by atoms with Gasteiger partial charge in [0.2, 0.25) is 5.88 Å². The van der Waals surface area contributed by atoms with Crippen LogP contribution in [0.5, 0.6) is 5.88 Å². The highest BCUT2D eigenvalue weighted by Gasteiger charge is 2.15. The number of hydrogen-bond donors (Lipinski definition) is 2. The Morgan fingerprint density at radius 2 is 2.30 bits per heavy atom. The first-order valence-corrected chi connectivity index (χ1v) is 8.71. The number of nitrogens with one attached hydrogen (secondary N) is 2. The molecule has 27 heavy (non-hydrogen) atoms. The molecule has 0 radical (unpaired) electrons. The van der Waals surface area contributed by atoms with Crippen molar-refractivity contribution in [3.63, 3.8) is 0 Å². The number of hydrogen-bond acceptors (Lipinski definition) is 7. The fraction of sp³-hybridized carbons (Fsp3) is 0.500. The fourth-order valence-corrected chi connectivity index (χ4v) is 3.07. The Balaban J connectivity index is 1.45. The number of alkyl halides is 2. The molecular formula is C16H19F2N7O2. The van der Waals surface area contributed by atoms with Crippen LogP contribution in [-0.2, 0) is 11.3 Å². The minimum absolute atomic E-state index is 0.138. The van der Waals surface area contributed by atoms with Crippen molar-refractivity contribution < 1.29 is 18.3 Å². The highest BCUT2D eigenvalue weighted by atomic mass is 19.3. The zero-order valence-electron chi connectivity index (χ0n) is 14.4. The molecule has 1 atom stereocenters. The monoisotopic (exact) mass is 379 g/mol. The molecule has 0 aromatic carbocycles. The number of fused-ring (bicyclic) bond motifs is 1. The second-order valence-electron chi connectivity index (χ2n) is 6.32. The van der Waals surface area contributed by atoms with Crippen molar-refractivity contribution in [3.8, 4) is 5.88 Å². The van der Waals surface area contributed by atoms with Crippen LogP contribution < -0.4 is 10.1 Å². The maximum Gasteiger partial charge on any atom is 0.388 e. The molecule has 1 fully saturated rings. The van der Waals surface area contributed by atoms with E-state index in [1.54, 1.807) is 6.20 Å². The van der Waals surface area contributed by atoms with Gasteiger partial charge < -0.3 is 14.8 Å². The van der Waals surface area contributed by atoms with Crippen LogP contribution in [0.15, 0.2) is 18.5 Å². The Hall–Kier alpha value is -2.82. The molecule has 3 aromatic heterocycles. The smallest absolute Gasteiger partial charge is 0.388 e. The van der Waals surface area contributed by atoms with Crippen molar-refractivity contribution in [3.05, 3.63) is 18.5 Å². The lowest BCUT2D eigenvalue weighted by atomic mass is 9.99. The van der Waals surface area contributed by atoms with Gasteiger partial charge in [-0.25, -0.2) is 19.7 Å². The molecule has 0 spiro atoms. The Morgan fingerprint density at radius 1 is 1.37 bits per heavy atom. The summed E-state index contributed by atoms with van der Waals surface area (Å²) in [5.41, 5.74) is 1.33. The number of rotatable bonds is 7. The van der Waals surface area contributed by atoms with E-state index in [0.717, 1.165) is 32.6 Å². The first-order chi connectivity index (χ1) is 13.2. The normalized spacial score (nSPS) is 17.5. The van der Waals surface area contributed by atoms with Crippen LogP contribution in [-0.4, -0.2) is 49.8 Å². The van der Waals surface area contributed by atoms with Crippen molar-refractivity contribution in [2.24, 2.45) is 5.92 Å². The van der Waals surface area contributed by atoms with Gasteiger partial charge >= 0.3 is 6.61 Å². The predicted molar refractivity (Wildman–Crippen MR) is 92.0 cm³/mol. The Labute approximate surface area is 153 Å². The standard InChI is InChI=1S/C16H19F2N7O2/c17-16(18)27-14-6-12(23-24-14)21-13-8-19-11-7-20-25(15(11)22-13)4-3-10-2-1-5-26-9-10/h6-8,10,16H,1-5,9H2,(H2,21,22,23,24)/t10-/m0/s1. The summed E-state index contributed by atoms with van der Waals surface area (Å²) in [5, 5.41) is 13.5. The molecule has 11 heteroatoms. The van der Waals surface area contributed by atoms with Gasteiger partial charge in [0, 0.05) is 25.8 Å². The number of anilines is 2. The molecule has 4 heterocycles. The van der Waals surface area contributed by atoms with Crippen LogP contribution in [0.3, 0.4) is 0 Å². The average Bonchev–Trinajstić information content (AvgIpc) is 3.27. The minimum Gasteiger partial charge on any atom is -0.417 e.